The first kappa shape index (κ1) is 23.5. The van der Waals surface area contributed by atoms with Crippen LogP contribution in [0.4, 0.5) is 5.13 Å². The molecule has 0 aliphatic carbocycles. The van der Waals surface area contributed by atoms with Gasteiger partial charge in [-0.2, -0.15) is 0 Å². The lowest BCUT2D eigenvalue weighted by Gasteiger charge is -2.21. The number of hydrogen-bond donors (Lipinski definition) is 0. The molecule has 0 atom stereocenters. The number of aromatic nitrogens is 1. The highest BCUT2D eigenvalue weighted by Gasteiger charge is 2.22. The molecule has 31 heavy (non-hydrogen) atoms. The molecule has 2 aromatic carbocycles. The van der Waals surface area contributed by atoms with Gasteiger partial charge in [-0.1, -0.05) is 48.8 Å². The van der Waals surface area contributed by atoms with Crippen LogP contribution >= 0.6 is 22.9 Å². The Kier molecular flexibility index (Phi) is 8.69. The van der Waals surface area contributed by atoms with Crippen molar-refractivity contribution in [3.8, 4) is 5.75 Å². The molecule has 1 amide bonds. The van der Waals surface area contributed by atoms with Crippen molar-refractivity contribution in [3.05, 3.63) is 53.1 Å². The fraction of sp³-hybridized carbons (Fsp3) is 0.417. The largest absolute Gasteiger partial charge is 0.494 e. The Morgan fingerprint density at radius 1 is 1.06 bits per heavy atom. The standard InChI is InChI=1S/C24H30ClN3O2S/c1-4-5-6-17-30-19-13-11-18(12-14-19)23(29)28(16-8-15-27(2)3)24-26-22-20(25)9-7-10-21(22)31-24/h7,9-14H,4-6,8,15-17H2,1-3H3. The maximum atomic E-state index is 13.4. The van der Waals surface area contributed by atoms with Crippen molar-refractivity contribution in [2.75, 3.05) is 38.7 Å². The summed E-state index contributed by atoms with van der Waals surface area (Å²) in [5.74, 6) is 0.727. The van der Waals surface area contributed by atoms with Crippen molar-refractivity contribution in [2.24, 2.45) is 0 Å². The average molecular weight is 460 g/mol. The number of carbonyl (C=O) groups excluding carboxylic acids is 1. The Hall–Kier alpha value is -2.15. The molecule has 3 aromatic rings. The van der Waals surface area contributed by atoms with Crippen LogP contribution < -0.4 is 9.64 Å². The number of hydrogen-bond acceptors (Lipinski definition) is 5. The van der Waals surface area contributed by atoms with E-state index in [0.29, 0.717) is 28.9 Å². The zero-order valence-corrected chi connectivity index (χ0v) is 20.0. The third-order valence-corrected chi connectivity index (χ3v) is 6.29. The molecule has 1 aromatic heterocycles. The molecule has 0 unspecified atom stereocenters. The molecule has 0 bridgehead atoms. The number of halogens is 1. The molecule has 7 heteroatoms. The van der Waals surface area contributed by atoms with E-state index in [2.05, 4.69) is 16.8 Å². The first-order chi connectivity index (χ1) is 15.0. The summed E-state index contributed by atoms with van der Waals surface area (Å²) in [6.07, 6.45) is 4.21. The van der Waals surface area contributed by atoms with Gasteiger partial charge in [0, 0.05) is 12.1 Å². The maximum Gasteiger partial charge on any atom is 0.260 e. The van der Waals surface area contributed by atoms with Crippen molar-refractivity contribution >= 4 is 44.2 Å². The van der Waals surface area contributed by atoms with Crippen molar-refractivity contribution in [3.63, 3.8) is 0 Å². The fourth-order valence-corrected chi connectivity index (χ4v) is 4.53. The molecule has 0 N–H and O–H groups in total. The number of para-hydroxylation sites is 1. The minimum Gasteiger partial charge on any atom is -0.494 e. The van der Waals surface area contributed by atoms with Crippen LogP contribution in [0.3, 0.4) is 0 Å². The number of rotatable bonds is 11. The predicted molar refractivity (Wildman–Crippen MR) is 131 cm³/mol. The molecule has 3 rings (SSSR count). The molecule has 0 spiro atoms. The molecule has 0 saturated carbocycles. The van der Waals surface area contributed by atoms with Gasteiger partial charge >= 0.3 is 0 Å². The highest BCUT2D eigenvalue weighted by Crippen LogP contribution is 2.33. The van der Waals surface area contributed by atoms with Crippen LogP contribution in [0.5, 0.6) is 5.75 Å². The molecule has 0 aliphatic heterocycles. The minimum atomic E-state index is -0.0635. The number of ether oxygens (including phenoxy) is 1. The van der Waals surface area contributed by atoms with Crippen LogP contribution in [-0.4, -0.2) is 49.6 Å². The van der Waals surface area contributed by atoms with E-state index in [-0.39, 0.29) is 5.91 Å². The van der Waals surface area contributed by atoms with E-state index in [1.54, 1.807) is 4.90 Å². The number of unbranched alkanes of at least 4 members (excludes halogenated alkanes) is 2. The lowest BCUT2D eigenvalue weighted by atomic mass is 10.2. The van der Waals surface area contributed by atoms with E-state index in [9.17, 15) is 4.79 Å². The second-order valence-corrected chi connectivity index (χ2v) is 9.19. The summed E-state index contributed by atoms with van der Waals surface area (Å²) in [5, 5.41) is 1.28. The molecule has 0 aliphatic rings. The van der Waals surface area contributed by atoms with Gasteiger partial charge in [0.25, 0.3) is 5.91 Å². The first-order valence-corrected chi connectivity index (χ1v) is 11.9. The summed E-state index contributed by atoms with van der Waals surface area (Å²) >= 11 is 7.81. The van der Waals surface area contributed by atoms with Crippen molar-refractivity contribution in [1.29, 1.82) is 0 Å². The van der Waals surface area contributed by atoms with Gasteiger partial charge in [-0.05, 0) is 69.9 Å². The van der Waals surface area contributed by atoms with Crippen LogP contribution in [0.1, 0.15) is 43.0 Å². The predicted octanol–water partition coefficient (Wildman–Crippen LogP) is 6.12. The molecular formula is C24H30ClN3O2S. The Bertz CT molecular complexity index is 988. The average Bonchev–Trinajstić information content (AvgIpc) is 3.19. The van der Waals surface area contributed by atoms with Gasteiger partial charge in [-0.3, -0.25) is 9.69 Å². The minimum absolute atomic E-state index is 0.0635. The lowest BCUT2D eigenvalue weighted by Crippen LogP contribution is -2.33. The summed E-state index contributed by atoms with van der Waals surface area (Å²) < 4.78 is 6.75. The van der Waals surface area contributed by atoms with Gasteiger partial charge < -0.3 is 9.64 Å². The van der Waals surface area contributed by atoms with Gasteiger partial charge in [0.2, 0.25) is 0 Å². The molecule has 0 radical (unpaired) electrons. The van der Waals surface area contributed by atoms with Crippen LogP contribution in [-0.2, 0) is 0 Å². The lowest BCUT2D eigenvalue weighted by molar-refractivity contribution is 0.0986. The fourth-order valence-electron chi connectivity index (χ4n) is 3.24. The number of benzene rings is 2. The van der Waals surface area contributed by atoms with Gasteiger partial charge in [0.15, 0.2) is 5.13 Å². The van der Waals surface area contributed by atoms with Gasteiger partial charge in [0.1, 0.15) is 11.3 Å². The molecular weight excluding hydrogens is 430 g/mol. The second-order valence-electron chi connectivity index (χ2n) is 7.78. The summed E-state index contributed by atoms with van der Waals surface area (Å²) in [7, 11) is 4.06. The number of anilines is 1. The third-order valence-electron chi connectivity index (χ3n) is 4.94. The smallest absolute Gasteiger partial charge is 0.260 e. The van der Waals surface area contributed by atoms with E-state index in [1.807, 2.05) is 56.6 Å². The van der Waals surface area contributed by atoms with Crippen LogP contribution in [0.2, 0.25) is 5.02 Å². The van der Waals surface area contributed by atoms with E-state index < -0.39 is 0 Å². The van der Waals surface area contributed by atoms with Crippen molar-refractivity contribution in [1.82, 2.24) is 9.88 Å². The summed E-state index contributed by atoms with van der Waals surface area (Å²) in [6.45, 7) is 4.35. The Labute approximate surface area is 193 Å². The van der Waals surface area contributed by atoms with Crippen LogP contribution in [0.15, 0.2) is 42.5 Å². The highest BCUT2D eigenvalue weighted by atomic mass is 35.5. The highest BCUT2D eigenvalue weighted by molar-refractivity contribution is 7.22. The summed E-state index contributed by atoms with van der Waals surface area (Å²) in [5.41, 5.74) is 1.36. The summed E-state index contributed by atoms with van der Waals surface area (Å²) in [6, 6.07) is 13.1. The maximum absolute atomic E-state index is 13.4. The van der Waals surface area contributed by atoms with Gasteiger partial charge in [-0.25, -0.2) is 4.98 Å². The molecule has 166 valence electrons. The third kappa shape index (κ3) is 6.42. The zero-order chi connectivity index (χ0) is 22.2. The Balaban J connectivity index is 1.79. The van der Waals surface area contributed by atoms with E-state index in [0.717, 1.165) is 48.2 Å². The molecule has 0 fully saturated rings. The number of thiazole rings is 1. The van der Waals surface area contributed by atoms with Gasteiger partial charge in [0.05, 0.1) is 16.3 Å². The number of nitrogens with zero attached hydrogens (tertiary/aromatic N) is 3. The first-order valence-electron chi connectivity index (χ1n) is 10.7. The van der Waals surface area contributed by atoms with E-state index in [1.165, 1.54) is 11.3 Å². The van der Waals surface area contributed by atoms with E-state index in [4.69, 9.17) is 16.3 Å². The van der Waals surface area contributed by atoms with E-state index >= 15 is 0 Å². The number of fused-ring (bicyclic) bond motifs is 1. The topological polar surface area (TPSA) is 45.7 Å². The molecule has 5 nitrogen and oxygen atoms in total. The Morgan fingerprint density at radius 3 is 2.52 bits per heavy atom. The summed E-state index contributed by atoms with van der Waals surface area (Å²) in [4.78, 5) is 22.0. The normalized spacial score (nSPS) is 11.3. The monoisotopic (exact) mass is 459 g/mol. The molecule has 1 heterocycles. The van der Waals surface area contributed by atoms with Crippen molar-refractivity contribution < 1.29 is 9.53 Å². The van der Waals surface area contributed by atoms with Crippen molar-refractivity contribution in [2.45, 2.75) is 32.6 Å². The number of carbonyl (C=O) groups is 1. The SMILES string of the molecule is CCCCCOc1ccc(C(=O)N(CCCN(C)C)c2nc3c(Cl)cccc3s2)cc1. The number of amides is 1. The van der Waals surface area contributed by atoms with Gasteiger partial charge in [-0.15, -0.1) is 0 Å². The van der Waals surface area contributed by atoms with Crippen LogP contribution in [0.25, 0.3) is 10.2 Å². The second kappa shape index (κ2) is 11.5. The zero-order valence-electron chi connectivity index (χ0n) is 18.4. The molecule has 0 saturated heterocycles. The Morgan fingerprint density at radius 2 is 1.84 bits per heavy atom. The quantitative estimate of drug-likeness (QED) is 0.324. The van der Waals surface area contributed by atoms with Crippen LogP contribution in [0, 0.1) is 0 Å².